The monoisotopic (exact) mass is 441 g/mol. The first kappa shape index (κ1) is 19.0. The summed E-state index contributed by atoms with van der Waals surface area (Å²) < 4.78 is 58.6. The van der Waals surface area contributed by atoms with E-state index in [1.165, 1.54) is 35.2 Å². The summed E-state index contributed by atoms with van der Waals surface area (Å²) in [5.41, 5.74) is 0.401. The molecule has 0 saturated carbocycles. The Balaban J connectivity index is 1.75. The van der Waals surface area contributed by atoms with Gasteiger partial charge in [-0.05, 0) is 36.8 Å². The second kappa shape index (κ2) is 6.94. The van der Waals surface area contributed by atoms with Gasteiger partial charge in [-0.3, -0.25) is 4.72 Å². The van der Waals surface area contributed by atoms with Crippen molar-refractivity contribution in [1.82, 2.24) is 9.78 Å². The molecule has 28 heavy (non-hydrogen) atoms. The van der Waals surface area contributed by atoms with E-state index in [9.17, 15) is 16.8 Å². The third-order valence-electron chi connectivity index (χ3n) is 4.41. The highest BCUT2D eigenvalue weighted by Crippen LogP contribution is 2.31. The van der Waals surface area contributed by atoms with E-state index in [-0.39, 0.29) is 27.2 Å². The van der Waals surface area contributed by atoms with E-state index in [4.69, 9.17) is 16.0 Å². The number of halogens is 1. The minimum absolute atomic E-state index is 0.00802. The van der Waals surface area contributed by atoms with Crippen LogP contribution in [0, 0.1) is 0 Å². The number of furan rings is 1. The fourth-order valence-electron chi connectivity index (χ4n) is 3.09. The topological polar surface area (TPSA) is 111 Å². The summed E-state index contributed by atoms with van der Waals surface area (Å²) in [5.74, 6) is 0.544. The van der Waals surface area contributed by atoms with Crippen LogP contribution in [0.25, 0.3) is 11.5 Å². The number of rotatable bonds is 5. The fourth-order valence-corrected chi connectivity index (χ4v) is 6.13. The van der Waals surface area contributed by atoms with Crippen LogP contribution in [-0.2, 0) is 19.9 Å². The Kier molecular flexibility index (Phi) is 4.72. The van der Waals surface area contributed by atoms with Crippen molar-refractivity contribution in [1.29, 1.82) is 0 Å². The highest BCUT2D eigenvalue weighted by Gasteiger charge is 2.32. The van der Waals surface area contributed by atoms with E-state index in [1.54, 1.807) is 18.2 Å². The Morgan fingerprint density at radius 2 is 2.04 bits per heavy atom. The molecule has 1 fully saturated rings. The van der Waals surface area contributed by atoms with E-state index >= 15 is 0 Å². The number of nitrogens with one attached hydrogen (secondary N) is 1. The third-order valence-corrected chi connectivity index (χ3v) is 7.75. The smallest absolute Gasteiger partial charge is 0.263 e. The van der Waals surface area contributed by atoms with Crippen molar-refractivity contribution < 1.29 is 21.3 Å². The molecule has 0 amide bonds. The van der Waals surface area contributed by atoms with E-state index in [2.05, 4.69) is 9.82 Å². The lowest BCUT2D eigenvalue weighted by Crippen LogP contribution is -2.20. The van der Waals surface area contributed by atoms with Crippen LogP contribution in [0.1, 0.15) is 12.5 Å². The van der Waals surface area contributed by atoms with Gasteiger partial charge < -0.3 is 4.42 Å². The molecule has 148 valence electrons. The average molecular weight is 442 g/mol. The molecule has 1 N–H and O–H groups in total. The lowest BCUT2D eigenvalue weighted by Gasteiger charge is -2.14. The maximum absolute atomic E-state index is 12.8. The summed E-state index contributed by atoms with van der Waals surface area (Å²) in [4.78, 5) is -0.00802. The molecular weight excluding hydrogens is 426 g/mol. The van der Waals surface area contributed by atoms with E-state index in [0.29, 0.717) is 17.9 Å². The van der Waals surface area contributed by atoms with E-state index < -0.39 is 25.9 Å². The summed E-state index contributed by atoms with van der Waals surface area (Å²) >= 11 is 5.90. The number of hydrogen-bond donors (Lipinski definition) is 1. The predicted octanol–water partition coefficient (Wildman–Crippen LogP) is 2.96. The summed E-state index contributed by atoms with van der Waals surface area (Å²) in [6, 6.07) is 10.3. The zero-order valence-electron chi connectivity index (χ0n) is 14.4. The first-order valence-electron chi connectivity index (χ1n) is 8.36. The van der Waals surface area contributed by atoms with Crippen molar-refractivity contribution >= 4 is 37.3 Å². The molecule has 4 rings (SSSR count). The molecule has 3 heterocycles. The molecule has 1 saturated heterocycles. The van der Waals surface area contributed by atoms with Crippen molar-refractivity contribution in [2.75, 3.05) is 16.2 Å². The fraction of sp³-hybridized carbons (Fsp3) is 0.235. The normalized spacial score (nSPS) is 19.0. The summed E-state index contributed by atoms with van der Waals surface area (Å²) in [7, 11) is -7.13. The number of sulfone groups is 1. The minimum atomic E-state index is -3.95. The zero-order valence-corrected chi connectivity index (χ0v) is 16.8. The largest absolute Gasteiger partial charge is 0.463 e. The van der Waals surface area contributed by atoms with Crippen LogP contribution in [0.3, 0.4) is 0 Å². The molecule has 0 spiro atoms. The predicted molar refractivity (Wildman–Crippen MR) is 104 cm³/mol. The molecule has 0 radical (unpaired) electrons. The molecule has 11 heteroatoms. The van der Waals surface area contributed by atoms with Gasteiger partial charge in [0.15, 0.2) is 15.6 Å². The van der Waals surface area contributed by atoms with Crippen molar-refractivity contribution in [3.63, 3.8) is 0 Å². The second-order valence-electron chi connectivity index (χ2n) is 6.46. The SMILES string of the molecule is O=S1(=O)CCC(n2nc(-c3ccco3)cc2NS(=O)(=O)c2cccc(Cl)c2)C1. The number of benzene rings is 1. The lowest BCUT2D eigenvalue weighted by atomic mass is 10.3. The number of hydrogen-bond acceptors (Lipinski definition) is 6. The lowest BCUT2D eigenvalue weighted by molar-refractivity contribution is 0.504. The minimum Gasteiger partial charge on any atom is -0.463 e. The first-order valence-corrected chi connectivity index (χ1v) is 12.0. The number of aromatic nitrogens is 2. The Hall–Kier alpha value is -2.30. The van der Waals surface area contributed by atoms with Gasteiger partial charge in [0, 0.05) is 11.1 Å². The summed E-state index contributed by atoms with van der Waals surface area (Å²) in [6.07, 6.45) is 1.83. The Morgan fingerprint density at radius 1 is 1.21 bits per heavy atom. The van der Waals surface area contributed by atoms with Gasteiger partial charge in [0.2, 0.25) is 0 Å². The maximum atomic E-state index is 12.8. The van der Waals surface area contributed by atoms with Crippen molar-refractivity contribution in [2.24, 2.45) is 0 Å². The summed E-state index contributed by atoms with van der Waals surface area (Å²) in [6.45, 7) is 0. The van der Waals surface area contributed by atoms with Gasteiger partial charge in [-0.25, -0.2) is 21.5 Å². The van der Waals surface area contributed by atoms with Crippen molar-refractivity contribution in [3.05, 3.63) is 53.8 Å². The third kappa shape index (κ3) is 3.80. The molecule has 1 aromatic carbocycles. The van der Waals surface area contributed by atoms with Gasteiger partial charge in [0.25, 0.3) is 10.0 Å². The second-order valence-corrected chi connectivity index (χ2v) is 10.8. The van der Waals surface area contributed by atoms with E-state index in [1.807, 2.05) is 0 Å². The first-order chi connectivity index (χ1) is 13.2. The Morgan fingerprint density at radius 3 is 2.68 bits per heavy atom. The highest BCUT2D eigenvalue weighted by atomic mass is 35.5. The molecule has 1 atom stereocenters. The number of nitrogens with zero attached hydrogens (tertiary/aromatic N) is 2. The van der Waals surface area contributed by atoms with E-state index in [0.717, 1.165) is 0 Å². The van der Waals surface area contributed by atoms with Crippen LogP contribution >= 0.6 is 11.6 Å². The molecule has 3 aromatic rings. The number of anilines is 1. The molecule has 8 nitrogen and oxygen atoms in total. The van der Waals surface area contributed by atoms with Crippen molar-refractivity contribution in [3.8, 4) is 11.5 Å². The van der Waals surface area contributed by atoms with Crippen LogP contribution in [0.2, 0.25) is 5.02 Å². The molecule has 1 unspecified atom stereocenters. The van der Waals surface area contributed by atoms with Crippen molar-refractivity contribution in [2.45, 2.75) is 17.4 Å². The maximum Gasteiger partial charge on any atom is 0.263 e. The van der Waals surface area contributed by atoms with Gasteiger partial charge in [-0.15, -0.1) is 0 Å². The standard InChI is InChI=1S/C17H16ClN3O5S2/c18-12-3-1-4-14(9-12)28(24,25)20-17-10-15(16-5-2-7-26-16)19-21(17)13-6-8-27(22,23)11-13/h1-5,7,9-10,13,20H,6,8,11H2. The molecule has 1 aliphatic heterocycles. The van der Waals surface area contributed by atoms with Crippen LogP contribution in [0.15, 0.2) is 58.0 Å². The summed E-state index contributed by atoms with van der Waals surface area (Å²) in [5, 5.41) is 4.69. The quantitative estimate of drug-likeness (QED) is 0.651. The Bertz CT molecular complexity index is 1220. The van der Waals surface area contributed by atoms with Gasteiger partial charge in [0.1, 0.15) is 11.5 Å². The average Bonchev–Trinajstić information content (AvgIpc) is 3.34. The van der Waals surface area contributed by atoms with Crippen LogP contribution < -0.4 is 4.72 Å². The Labute approximate surface area is 167 Å². The molecule has 2 aromatic heterocycles. The van der Waals surface area contributed by atoms with Gasteiger partial charge in [0.05, 0.1) is 28.7 Å². The van der Waals surface area contributed by atoms with Crippen LogP contribution in [0.4, 0.5) is 5.82 Å². The number of sulfonamides is 1. The molecular formula is C17H16ClN3O5S2. The van der Waals surface area contributed by atoms with Crippen LogP contribution in [-0.4, -0.2) is 38.1 Å². The van der Waals surface area contributed by atoms with Gasteiger partial charge in [-0.1, -0.05) is 17.7 Å². The van der Waals surface area contributed by atoms with Crippen LogP contribution in [0.5, 0.6) is 0 Å². The molecule has 0 bridgehead atoms. The molecule has 0 aliphatic carbocycles. The zero-order chi connectivity index (χ0) is 19.9. The van der Waals surface area contributed by atoms with Gasteiger partial charge >= 0.3 is 0 Å². The molecule has 1 aliphatic rings. The highest BCUT2D eigenvalue weighted by molar-refractivity contribution is 7.92. The van der Waals surface area contributed by atoms with Gasteiger partial charge in [-0.2, -0.15) is 5.10 Å².